The van der Waals surface area contributed by atoms with Gasteiger partial charge in [-0.25, -0.2) is 0 Å². The first-order valence-electron chi connectivity index (χ1n) is 8.39. The Morgan fingerprint density at radius 2 is 1.77 bits per heavy atom. The molecule has 0 unspecified atom stereocenters. The van der Waals surface area contributed by atoms with E-state index in [1.807, 2.05) is 48.5 Å². The number of fused-ring (bicyclic) bond motifs is 1. The van der Waals surface area contributed by atoms with Gasteiger partial charge in [0.25, 0.3) is 0 Å². The van der Waals surface area contributed by atoms with Crippen LogP contribution in [0.15, 0.2) is 48.5 Å². The average Bonchev–Trinajstić information content (AvgIpc) is 3.13. The quantitative estimate of drug-likeness (QED) is 0.839. The molecule has 2 amide bonds. The second kappa shape index (κ2) is 7.07. The van der Waals surface area contributed by atoms with E-state index < -0.39 is 5.41 Å². The summed E-state index contributed by atoms with van der Waals surface area (Å²) < 4.78 is 10.6. The largest absolute Gasteiger partial charge is 0.454 e. The lowest BCUT2D eigenvalue weighted by Crippen LogP contribution is -2.48. The third-order valence-electron chi connectivity index (χ3n) is 4.44. The highest BCUT2D eigenvalue weighted by atomic mass is 16.7. The summed E-state index contributed by atoms with van der Waals surface area (Å²) in [5.74, 6) is 0.755. The summed E-state index contributed by atoms with van der Waals surface area (Å²) in [5, 5.41) is 2.83. The maximum Gasteiger partial charge on any atom is 0.241 e. The van der Waals surface area contributed by atoms with Gasteiger partial charge in [-0.15, -0.1) is 0 Å². The van der Waals surface area contributed by atoms with Crippen LogP contribution >= 0.6 is 0 Å². The van der Waals surface area contributed by atoms with Crippen molar-refractivity contribution in [2.75, 3.05) is 18.7 Å². The Hall–Kier alpha value is -3.02. The van der Waals surface area contributed by atoms with Crippen molar-refractivity contribution in [2.24, 2.45) is 5.41 Å². The van der Waals surface area contributed by atoms with Crippen LogP contribution in [0.2, 0.25) is 0 Å². The monoisotopic (exact) mass is 354 g/mol. The van der Waals surface area contributed by atoms with E-state index in [1.165, 1.54) is 4.90 Å². The summed E-state index contributed by atoms with van der Waals surface area (Å²) in [6.07, 6.45) is 0. The fraction of sp³-hybridized carbons (Fsp3) is 0.300. The molecule has 0 saturated carbocycles. The lowest BCUT2D eigenvalue weighted by Gasteiger charge is -2.28. The molecule has 6 heteroatoms. The van der Waals surface area contributed by atoms with Gasteiger partial charge in [-0.05, 0) is 43.7 Å². The molecule has 1 aliphatic heterocycles. The van der Waals surface area contributed by atoms with Crippen molar-refractivity contribution in [3.63, 3.8) is 0 Å². The van der Waals surface area contributed by atoms with E-state index in [1.54, 1.807) is 20.9 Å². The van der Waals surface area contributed by atoms with E-state index in [0.717, 1.165) is 11.3 Å². The average molecular weight is 354 g/mol. The minimum Gasteiger partial charge on any atom is -0.454 e. The van der Waals surface area contributed by atoms with Crippen LogP contribution in [0.25, 0.3) is 0 Å². The molecule has 0 radical (unpaired) electrons. The van der Waals surface area contributed by atoms with E-state index in [-0.39, 0.29) is 18.6 Å². The first-order valence-corrected chi connectivity index (χ1v) is 8.39. The zero-order chi connectivity index (χ0) is 18.7. The zero-order valence-electron chi connectivity index (χ0n) is 15.1. The molecule has 0 atom stereocenters. The van der Waals surface area contributed by atoms with Gasteiger partial charge in [-0.2, -0.15) is 0 Å². The van der Waals surface area contributed by atoms with Crippen LogP contribution in [0.1, 0.15) is 19.4 Å². The van der Waals surface area contributed by atoms with Crippen LogP contribution in [0.5, 0.6) is 11.5 Å². The van der Waals surface area contributed by atoms with Gasteiger partial charge in [0.05, 0.1) is 0 Å². The molecular weight excluding hydrogens is 332 g/mol. The first kappa shape index (κ1) is 17.8. The molecule has 2 aromatic carbocycles. The van der Waals surface area contributed by atoms with Gasteiger partial charge in [0.15, 0.2) is 11.5 Å². The molecule has 0 spiro atoms. The molecule has 26 heavy (non-hydrogen) atoms. The Labute approximate surface area is 152 Å². The van der Waals surface area contributed by atoms with Gasteiger partial charge in [-0.1, -0.05) is 24.3 Å². The molecule has 136 valence electrons. The van der Waals surface area contributed by atoms with Crippen LogP contribution in [0.4, 0.5) is 5.69 Å². The number of anilines is 1. The lowest BCUT2D eigenvalue weighted by atomic mass is 9.90. The Morgan fingerprint density at radius 3 is 2.50 bits per heavy atom. The summed E-state index contributed by atoms with van der Waals surface area (Å²) in [5.41, 5.74) is 0.428. The molecule has 1 aliphatic rings. The number of ether oxygens (including phenoxy) is 2. The Bertz CT molecular complexity index is 818. The first-order chi connectivity index (χ1) is 12.4. The fourth-order valence-corrected chi connectivity index (χ4v) is 2.74. The smallest absolute Gasteiger partial charge is 0.241 e. The number of nitrogens with one attached hydrogen (secondary N) is 1. The van der Waals surface area contributed by atoms with Crippen molar-refractivity contribution in [3.8, 4) is 11.5 Å². The van der Waals surface area contributed by atoms with Crippen molar-refractivity contribution in [1.29, 1.82) is 0 Å². The number of para-hydroxylation sites is 1. The minimum atomic E-state index is -1.19. The maximum absolute atomic E-state index is 12.8. The van der Waals surface area contributed by atoms with E-state index in [2.05, 4.69) is 5.32 Å². The molecule has 0 saturated heterocycles. The summed E-state index contributed by atoms with van der Waals surface area (Å²) in [6.45, 7) is 3.77. The summed E-state index contributed by atoms with van der Waals surface area (Å²) in [7, 11) is 1.67. The maximum atomic E-state index is 12.8. The van der Waals surface area contributed by atoms with Crippen LogP contribution in [0, 0.1) is 5.41 Å². The lowest BCUT2D eigenvalue weighted by molar-refractivity contribution is -0.139. The van der Waals surface area contributed by atoms with Crippen LogP contribution in [-0.4, -0.2) is 25.7 Å². The number of nitrogens with zero attached hydrogens (tertiary/aromatic N) is 1. The van der Waals surface area contributed by atoms with Gasteiger partial charge in [0.1, 0.15) is 5.41 Å². The second-order valence-electron chi connectivity index (χ2n) is 6.70. The zero-order valence-corrected chi connectivity index (χ0v) is 15.1. The predicted octanol–water partition coefficient (Wildman–Crippen LogP) is 2.72. The van der Waals surface area contributed by atoms with Crippen molar-refractivity contribution >= 4 is 17.5 Å². The highest BCUT2D eigenvalue weighted by molar-refractivity contribution is 6.10. The summed E-state index contributed by atoms with van der Waals surface area (Å²) in [6, 6.07) is 14.7. The Kier molecular flexibility index (Phi) is 4.84. The van der Waals surface area contributed by atoms with Gasteiger partial charge in [0.2, 0.25) is 18.6 Å². The van der Waals surface area contributed by atoms with Crippen LogP contribution in [-0.2, 0) is 16.1 Å². The van der Waals surface area contributed by atoms with Crippen LogP contribution in [0.3, 0.4) is 0 Å². The molecule has 0 aliphatic carbocycles. The summed E-state index contributed by atoms with van der Waals surface area (Å²) >= 11 is 0. The van der Waals surface area contributed by atoms with Gasteiger partial charge < -0.3 is 19.7 Å². The number of benzene rings is 2. The standard InChI is InChI=1S/C20H22N2O4/c1-20(2,19(24)22(3)15-7-5-4-6-8-15)18(23)21-12-14-9-10-16-17(11-14)26-13-25-16/h4-11H,12-13H2,1-3H3,(H,21,23). The van der Waals surface area contributed by atoms with Crippen molar-refractivity contribution < 1.29 is 19.1 Å². The molecule has 2 aromatic rings. The van der Waals surface area contributed by atoms with Crippen molar-refractivity contribution in [1.82, 2.24) is 5.32 Å². The summed E-state index contributed by atoms with van der Waals surface area (Å²) in [4.78, 5) is 26.9. The highest BCUT2D eigenvalue weighted by Crippen LogP contribution is 2.32. The molecule has 3 rings (SSSR count). The predicted molar refractivity (Wildman–Crippen MR) is 98.0 cm³/mol. The third kappa shape index (κ3) is 3.49. The Balaban J connectivity index is 1.65. The number of carbonyl (C=O) groups is 2. The number of rotatable bonds is 5. The van der Waals surface area contributed by atoms with E-state index in [0.29, 0.717) is 18.0 Å². The minimum absolute atomic E-state index is 0.207. The third-order valence-corrected chi connectivity index (χ3v) is 4.44. The molecule has 0 bridgehead atoms. The van der Waals surface area contributed by atoms with Crippen molar-refractivity contribution in [2.45, 2.75) is 20.4 Å². The topological polar surface area (TPSA) is 67.9 Å². The molecule has 1 N–H and O–H groups in total. The molecule has 1 heterocycles. The molecule has 0 aromatic heterocycles. The SMILES string of the molecule is CN(C(=O)C(C)(C)C(=O)NCc1ccc2c(c1)OCO2)c1ccccc1. The van der Waals surface area contributed by atoms with Gasteiger partial charge >= 0.3 is 0 Å². The Morgan fingerprint density at radius 1 is 1.08 bits per heavy atom. The van der Waals surface area contributed by atoms with E-state index in [9.17, 15) is 9.59 Å². The number of hydrogen-bond donors (Lipinski definition) is 1. The molecule has 6 nitrogen and oxygen atoms in total. The highest BCUT2D eigenvalue weighted by Gasteiger charge is 2.38. The molecule has 0 fully saturated rings. The number of amides is 2. The van der Waals surface area contributed by atoms with E-state index in [4.69, 9.17) is 9.47 Å². The van der Waals surface area contributed by atoms with Crippen molar-refractivity contribution in [3.05, 3.63) is 54.1 Å². The normalized spacial score (nSPS) is 12.6. The fourth-order valence-electron chi connectivity index (χ4n) is 2.74. The second-order valence-corrected chi connectivity index (χ2v) is 6.70. The molecular formula is C20H22N2O4. The number of carbonyl (C=O) groups excluding carboxylic acids is 2. The van der Waals surface area contributed by atoms with Gasteiger partial charge in [0, 0.05) is 19.3 Å². The number of hydrogen-bond acceptors (Lipinski definition) is 4. The van der Waals surface area contributed by atoms with Crippen LogP contribution < -0.4 is 19.7 Å². The van der Waals surface area contributed by atoms with Gasteiger partial charge in [-0.3, -0.25) is 9.59 Å². The van der Waals surface area contributed by atoms with E-state index >= 15 is 0 Å².